The van der Waals surface area contributed by atoms with Crippen molar-refractivity contribution in [1.29, 1.82) is 0 Å². The average Bonchev–Trinajstić information content (AvgIpc) is 3.47. The Labute approximate surface area is 217 Å². The van der Waals surface area contributed by atoms with Crippen LogP contribution in [-0.4, -0.2) is 95.9 Å². The van der Waals surface area contributed by atoms with Crippen LogP contribution >= 0.6 is 0 Å². The number of fused-ring (bicyclic) bond motifs is 4. The lowest BCUT2D eigenvalue weighted by atomic mass is 9.83. The Hall–Kier alpha value is -2.29. The Morgan fingerprint density at radius 3 is 2.35 bits per heavy atom. The van der Waals surface area contributed by atoms with Crippen molar-refractivity contribution in [3.05, 3.63) is 22.6 Å². The number of carbonyl (C=O) groups excluding carboxylic acids is 3. The smallest absolute Gasteiger partial charge is 0.489 e. The van der Waals surface area contributed by atoms with Gasteiger partial charge in [0.1, 0.15) is 6.61 Å². The number of nitrogens with two attached hydrogens (primary N) is 1. The van der Waals surface area contributed by atoms with Gasteiger partial charge >= 0.3 is 14.9 Å². The Balaban J connectivity index is 1.53. The predicted molar refractivity (Wildman–Crippen MR) is 132 cm³/mol. The average molecular weight is 540 g/mol. The zero-order chi connectivity index (χ0) is 27.0. The van der Waals surface area contributed by atoms with E-state index in [9.17, 15) is 14.4 Å². The minimum absolute atomic E-state index is 0.00273. The van der Waals surface area contributed by atoms with Crippen LogP contribution in [0.25, 0.3) is 0 Å². The summed E-state index contributed by atoms with van der Waals surface area (Å²) < 4.78 is 34.7. The topological polar surface area (TPSA) is 158 Å². The second kappa shape index (κ2) is 10.8. The van der Waals surface area contributed by atoms with Crippen molar-refractivity contribution in [3.8, 4) is 0 Å². The lowest BCUT2D eigenvalue weighted by Crippen LogP contribution is -2.55. The maximum absolute atomic E-state index is 13.8. The number of methoxy groups -OCH3 is 1. The summed E-state index contributed by atoms with van der Waals surface area (Å²) in [6.45, 7) is 9.13. The number of Topliss-reactive ketones (excluding diaryl/α,β-unsaturated/α-hetero) is 2. The first-order valence-corrected chi connectivity index (χ1v) is 14.7. The van der Waals surface area contributed by atoms with Crippen LogP contribution in [0.5, 0.6) is 0 Å². The highest BCUT2D eigenvalue weighted by atomic mass is 28.4. The minimum atomic E-state index is -2.86. The van der Waals surface area contributed by atoms with Crippen LogP contribution in [0.1, 0.15) is 34.1 Å². The number of carbonyl (C=O) groups is 3. The van der Waals surface area contributed by atoms with Gasteiger partial charge in [0.05, 0.1) is 24.3 Å². The molecule has 0 bridgehead atoms. The zero-order valence-corrected chi connectivity index (χ0v) is 23.1. The number of nitrogens with zero attached hydrogens (tertiary/aromatic N) is 1. The molecular formula is C24H37N3O9Si. The van der Waals surface area contributed by atoms with Crippen molar-refractivity contribution in [3.63, 3.8) is 0 Å². The molecule has 3 N–H and O–H groups in total. The number of ether oxygens (including phenoxy) is 3. The molecule has 0 radical (unpaired) electrons. The van der Waals surface area contributed by atoms with Gasteiger partial charge in [0.2, 0.25) is 11.6 Å². The normalized spacial score (nSPS) is 28.5. The summed E-state index contributed by atoms with van der Waals surface area (Å²) >= 11 is 0. The molecule has 0 aromatic rings. The van der Waals surface area contributed by atoms with Gasteiger partial charge in [-0.2, -0.15) is 0 Å². The third-order valence-corrected chi connectivity index (χ3v) is 10.5. The minimum Gasteiger partial charge on any atom is -0.489 e. The van der Waals surface area contributed by atoms with Gasteiger partial charge in [-0.3, -0.25) is 9.59 Å². The van der Waals surface area contributed by atoms with Crippen LogP contribution in [0.3, 0.4) is 0 Å². The molecule has 2 saturated heterocycles. The van der Waals surface area contributed by atoms with Gasteiger partial charge in [0.25, 0.3) is 0 Å². The molecule has 0 spiro atoms. The van der Waals surface area contributed by atoms with E-state index in [2.05, 4.69) is 5.32 Å². The first kappa shape index (κ1) is 27.7. The molecule has 0 aromatic heterocycles. The highest BCUT2D eigenvalue weighted by Crippen LogP contribution is 2.55. The molecule has 3 unspecified atom stereocenters. The molecule has 37 heavy (non-hydrogen) atoms. The Morgan fingerprint density at radius 1 is 1.14 bits per heavy atom. The monoisotopic (exact) mass is 539 g/mol. The van der Waals surface area contributed by atoms with Crippen molar-refractivity contribution in [2.45, 2.75) is 58.0 Å². The molecule has 2 fully saturated rings. The number of allylic oxidation sites excluding steroid dienone is 2. The molecule has 4 aliphatic rings. The molecule has 4 atom stereocenters. The van der Waals surface area contributed by atoms with Gasteiger partial charge in [-0.25, -0.2) is 4.79 Å². The summed E-state index contributed by atoms with van der Waals surface area (Å²) in [7, 11) is -1.33. The van der Waals surface area contributed by atoms with Crippen molar-refractivity contribution in [1.82, 2.24) is 10.2 Å². The molecule has 12 nitrogen and oxygen atoms in total. The predicted octanol–water partition coefficient (Wildman–Crippen LogP) is 0.845. The number of hydrogen-bond donors (Lipinski definition) is 2. The van der Waals surface area contributed by atoms with Gasteiger partial charge in [-0.15, -0.1) is 0 Å². The molecule has 4 rings (SSSR count). The fourth-order valence-corrected chi connectivity index (χ4v) is 8.49. The number of primary amides is 1. The number of piperazine rings is 1. The highest BCUT2D eigenvalue weighted by Gasteiger charge is 2.72. The Kier molecular flexibility index (Phi) is 8.12. The Morgan fingerprint density at radius 2 is 1.78 bits per heavy atom. The van der Waals surface area contributed by atoms with E-state index in [4.69, 9.17) is 33.2 Å². The lowest BCUT2D eigenvalue weighted by Gasteiger charge is -2.39. The van der Waals surface area contributed by atoms with E-state index in [1.807, 2.05) is 25.7 Å². The second-order valence-electron chi connectivity index (χ2n) is 9.31. The quantitative estimate of drug-likeness (QED) is 0.139. The van der Waals surface area contributed by atoms with E-state index in [-0.39, 0.29) is 48.0 Å². The Bertz CT molecular complexity index is 998. The van der Waals surface area contributed by atoms with Crippen LogP contribution < -0.4 is 11.1 Å². The van der Waals surface area contributed by atoms with Gasteiger partial charge in [0, 0.05) is 56.7 Å². The van der Waals surface area contributed by atoms with Crippen LogP contribution in [0, 0.1) is 5.92 Å². The number of rotatable bonds is 14. The van der Waals surface area contributed by atoms with Crippen molar-refractivity contribution < 1.29 is 41.9 Å². The zero-order valence-electron chi connectivity index (χ0n) is 22.1. The van der Waals surface area contributed by atoms with Crippen molar-refractivity contribution in [2.24, 2.45) is 11.7 Å². The molecule has 1 amide bonds. The van der Waals surface area contributed by atoms with Crippen LogP contribution in [0.2, 0.25) is 6.04 Å². The van der Waals surface area contributed by atoms with Crippen LogP contribution in [0.15, 0.2) is 22.6 Å². The largest absolute Gasteiger partial charge is 0.501 e. The first-order chi connectivity index (χ1) is 17.7. The molecule has 3 aliphatic heterocycles. The van der Waals surface area contributed by atoms with Gasteiger partial charge in [0.15, 0.2) is 11.5 Å². The summed E-state index contributed by atoms with van der Waals surface area (Å²) in [6.07, 6.45) is -0.458. The lowest BCUT2D eigenvalue weighted by molar-refractivity contribution is -0.137. The maximum Gasteiger partial charge on any atom is 0.501 e. The van der Waals surface area contributed by atoms with E-state index in [1.54, 1.807) is 6.92 Å². The third-order valence-electron chi connectivity index (χ3n) is 7.34. The van der Waals surface area contributed by atoms with Crippen LogP contribution in [0.4, 0.5) is 4.79 Å². The molecule has 1 aliphatic carbocycles. The fraction of sp³-hybridized carbons (Fsp3) is 0.708. The SMILES string of the molecule is CCO[Si](CCCOC1=C(C)C(=O)C2=C(C1=O)C(COC(N)=O)[C@@]1(OC)C3NC3CN21)(OCC)OCC. The highest BCUT2D eigenvalue weighted by molar-refractivity contribution is 6.60. The van der Waals surface area contributed by atoms with E-state index < -0.39 is 32.3 Å². The van der Waals surface area contributed by atoms with Crippen LogP contribution in [-0.2, 0) is 37.1 Å². The summed E-state index contributed by atoms with van der Waals surface area (Å²) in [6, 6.07) is 0.527. The second-order valence-corrected chi connectivity index (χ2v) is 12.0. The van der Waals surface area contributed by atoms with Gasteiger partial charge in [-0.05, 0) is 34.1 Å². The molecular weight excluding hydrogens is 502 g/mol. The molecule has 0 aromatic carbocycles. The summed E-state index contributed by atoms with van der Waals surface area (Å²) in [4.78, 5) is 40.7. The third kappa shape index (κ3) is 4.61. The molecule has 206 valence electrons. The van der Waals surface area contributed by atoms with Crippen molar-refractivity contribution in [2.75, 3.05) is 46.7 Å². The molecule has 0 saturated carbocycles. The molecule has 3 heterocycles. The molecule has 13 heteroatoms. The summed E-state index contributed by atoms with van der Waals surface area (Å²) in [5, 5.41) is 3.33. The van der Waals surface area contributed by atoms with E-state index in [1.165, 1.54) is 7.11 Å². The fourth-order valence-electron chi connectivity index (χ4n) is 5.91. The summed E-state index contributed by atoms with van der Waals surface area (Å²) in [5.74, 6) is -1.41. The van der Waals surface area contributed by atoms with Gasteiger partial charge in [-0.1, -0.05) is 0 Å². The maximum atomic E-state index is 13.8. The standard InChI is InChI=1S/C24H37N3O9Si/c1-6-34-37(35-7-2,36-8-3)11-9-10-32-21-14(4)19(28)18-17(20(21)29)15(13-33-23(25)30)24(31-5)22-16(26-22)12-27(18)24/h15-16,22,26H,6-13H2,1-5H3,(H2,25,30)/t15?,16?,22?,24-/m1/s1. The first-order valence-electron chi connectivity index (χ1n) is 12.8. The summed E-state index contributed by atoms with van der Waals surface area (Å²) in [5.41, 5.74) is 4.98. The number of nitrogens with one attached hydrogen (secondary N) is 1. The van der Waals surface area contributed by atoms with E-state index in [0.717, 1.165) is 0 Å². The van der Waals surface area contributed by atoms with E-state index in [0.29, 0.717) is 44.5 Å². The van der Waals surface area contributed by atoms with E-state index >= 15 is 0 Å². The van der Waals surface area contributed by atoms with Crippen molar-refractivity contribution >= 4 is 26.5 Å². The van der Waals surface area contributed by atoms with Gasteiger partial charge < -0.3 is 43.4 Å². The number of hydrogen-bond acceptors (Lipinski definition) is 11. The number of amides is 1. The number of ketones is 2.